The topological polar surface area (TPSA) is 6.48 Å². The van der Waals surface area contributed by atoms with E-state index in [4.69, 9.17) is 0 Å². The van der Waals surface area contributed by atoms with Crippen LogP contribution < -0.4 is 9.80 Å². The summed E-state index contributed by atoms with van der Waals surface area (Å²) in [6, 6.07) is 70.0. The predicted molar refractivity (Wildman–Crippen MR) is 278 cm³/mol. The molecule has 3 atom stereocenters. The standard InChI is InChI=1S/C64H54N2/c1-63(2)57-39-37-54-53(61(57)55-35-33-51(41-59(55)63)65(47-21-13-7-14-22-47)49-29-25-45(26-30-49)43-17-9-5-10-18-43)38-40-58-62(54)56-36-34-52(42-60(56)64(58,3)4)66(48-23-15-8-16-24-48)50-31-27-46(28-32-50)44-19-11-6-12-20-44/h5-19,21-42,44,57,61H,20H2,1-4H3. The highest BCUT2D eigenvalue weighted by molar-refractivity contribution is 5.92. The Bertz CT molecular complexity index is 3210. The first-order valence-corrected chi connectivity index (χ1v) is 23.7. The molecule has 12 rings (SSSR count). The maximum Gasteiger partial charge on any atom is 0.0465 e. The molecule has 3 unspecified atom stereocenters. The summed E-state index contributed by atoms with van der Waals surface area (Å²) in [7, 11) is 0. The molecule has 0 saturated heterocycles. The van der Waals surface area contributed by atoms with Crippen LogP contribution in [0.5, 0.6) is 0 Å². The lowest BCUT2D eigenvalue weighted by molar-refractivity contribution is 0.391. The molecule has 0 bridgehead atoms. The second-order valence-corrected chi connectivity index (χ2v) is 19.7. The van der Waals surface area contributed by atoms with Gasteiger partial charge in [-0.2, -0.15) is 0 Å². The molecule has 0 amide bonds. The molecule has 0 heterocycles. The Balaban J connectivity index is 0.921. The van der Waals surface area contributed by atoms with Crippen LogP contribution in [0.1, 0.15) is 84.9 Å². The van der Waals surface area contributed by atoms with Gasteiger partial charge in [0.2, 0.25) is 0 Å². The third-order valence-corrected chi connectivity index (χ3v) is 15.3. The SMILES string of the molecule is CC1(C)c2cc(N(c3ccccc3)c3ccc(C4C=CC=CC4)cc3)ccc2-c2c1ccc1c2C=CC2C1c1ccc(N(c3ccccc3)c3ccc(-c4ccccc4)cc3)cc1C2(C)C. The quantitative estimate of drug-likeness (QED) is 0.150. The van der Waals surface area contributed by atoms with Crippen LogP contribution in [-0.2, 0) is 10.8 Å². The van der Waals surface area contributed by atoms with Crippen LogP contribution in [-0.4, -0.2) is 0 Å². The van der Waals surface area contributed by atoms with Gasteiger partial charge in [-0.1, -0.05) is 179 Å². The monoisotopic (exact) mass is 850 g/mol. The fraction of sp³-hybridized carbons (Fsp3) is 0.156. The highest BCUT2D eigenvalue weighted by Crippen LogP contribution is 2.61. The Morgan fingerprint density at radius 2 is 1.00 bits per heavy atom. The van der Waals surface area contributed by atoms with Crippen LogP contribution in [0.2, 0.25) is 0 Å². The molecule has 0 aromatic heterocycles. The third-order valence-electron chi connectivity index (χ3n) is 15.3. The van der Waals surface area contributed by atoms with Crippen molar-refractivity contribution < 1.29 is 0 Å². The zero-order valence-corrected chi connectivity index (χ0v) is 38.2. The van der Waals surface area contributed by atoms with Crippen molar-refractivity contribution in [2.24, 2.45) is 5.92 Å². The molecule has 2 nitrogen and oxygen atoms in total. The average molecular weight is 851 g/mol. The number of allylic oxidation sites excluding steroid dienone is 5. The van der Waals surface area contributed by atoms with Gasteiger partial charge in [-0.3, -0.25) is 0 Å². The first-order chi connectivity index (χ1) is 32.3. The summed E-state index contributed by atoms with van der Waals surface area (Å²) in [5.41, 5.74) is 21.8. The second kappa shape index (κ2) is 15.6. The molecular formula is C64H54N2. The molecule has 0 saturated carbocycles. The van der Waals surface area contributed by atoms with Gasteiger partial charge < -0.3 is 9.80 Å². The first kappa shape index (κ1) is 40.1. The Morgan fingerprint density at radius 1 is 0.455 bits per heavy atom. The fourth-order valence-electron chi connectivity index (χ4n) is 11.8. The van der Waals surface area contributed by atoms with Gasteiger partial charge in [-0.25, -0.2) is 0 Å². The summed E-state index contributed by atoms with van der Waals surface area (Å²) < 4.78 is 0. The molecule has 0 spiro atoms. The average Bonchev–Trinajstić information content (AvgIpc) is 3.75. The maximum atomic E-state index is 2.55. The number of hydrogen-bond donors (Lipinski definition) is 0. The number of benzene rings is 8. The zero-order valence-electron chi connectivity index (χ0n) is 38.2. The molecule has 4 aliphatic carbocycles. The van der Waals surface area contributed by atoms with Crippen molar-refractivity contribution in [2.45, 2.75) is 56.8 Å². The van der Waals surface area contributed by atoms with E-state index in [1.807, 2.05) is 0 Å². The Labute approximate surface area is 390 Å². The van der Waals surface area contributed by atoms with Crippen molar-refractivity contribution in [1.82, 2.24) is 0 Å². The summed E-state index contributed by atoms with van der Waals surface area (Å²) in [6.07, 6.45) is 15.0. The van der Waals surface area contributed by atoms with Crippen LogP contribution >= 0.6 is 0 Å². The summed E-state index contributed by atoms with van der Waals surface area (Å²) in [6.45, 7) is 9.75. The number of nitrogens with zero attached hydrogens (tertiary/aromatic N) is 2. The fourth-order valence-corrected chi connectivity index (χ4v) is 11.8. The Kier molecular flexibility index (Phi) is 9.50. The van der Waals surface area contributed by atoms with Gasteiger partial charge in [-0.15, -0.1) is 0 Å². The van der Waals surface area contributed by atoms with E-state index in [0.29, 0.717) is 11.8 Å². The summed E-state index contributed by atoms with van der Waals surface area (Å²) in [4.78, 5) is 4.84. The number of hydrogen-bond acceptors (Lipinski definition) is 2. The van der Waals surface area contributed by atoms with E-state index in [1.165, 1.54) is 78.3 Å². The van der Waals surface area contributed by atoms with E-state index in [1.54, 1.807) is 0 Å². The molecule has 0 radical (unpaired) electrons. The lowest BCUT2D eigenvalue weighted by Crippen LogP contribution is -2.26. The van der Waals surface area contributed by atoms with Crippen LogP contribution in [0.4, 0.5) is 34.1 Å². The molecule has 8 aromatic carbocycles. The van der Waals surface area contributed by atoms with Gasteiger partial charge in [0, 0.05) is 51.4 Å². The van der Waals surface area contributed by atoms with Crippen molar-refractivity contribution >= 4 is 40.2 Å². The van der Waals surface area contributed by atoms with Gasteiger partial charge in [0.15, 0.2) is 0 Å². The zero-order chi connectivity index (χ0) is 44.6. The van der Waals surface area contributed by atoms with Gasteiger partial charge in [0.1, 0.15) is 0 Å². The normalized spacial score (nSPS) is 18.8. The smallest absolute Gasteiger partial charge is 0.0465 e. The third kappa shape index (κ3) is 6.45. The van der Waals surface area contributed by atoms with Crippen molar-refractivity contribution in [3.63, 3.8) is 0 Å². The van der Waals surface area contributed by atoms with Crippen LogP contribution in [0.3, 0.4) is 0 Å². The minimum atomic E-state index is -0.171. The summed E-state index contributed by atoms with van der Waals surface area (Å²) in [5.74, 6) is 1.04. The predicted octanol–water partition coefficient (Wildman–Crippen LogP) is 17.3. The Morgan fingerprint density at radius 3 is 1.64 bits per heavy atom. The minimum absolute atomic E-state index is 0.0714. The van der Waals surface area contributed by atoms with E-state index in [-0.39, 0.29) is 16.7 Å². The lowest BCUT2D eigenvalue weighted by atomic mass is 9.69. The van der Waals surface area contributed by atoms with Crippen LogP contribution in [0.25, 0.3) is 28.3 Å². The molecule has 0 fully saturated rings. The summed E-state index contributed by atoms with van der Waals surface area (Å²) in [5, 5.41) is 0. The van der Waals surface area contributed by atoms with Gasteiger partial charge >= 0.3 is 0 Å². The summed E-state index contributed by atoms with van der Waals surface area (Å²) >= 11 is 0. The van der Waals surface area contributed by atoms with Crippen LogP contribution in [0.15, 0.2) is 218 Å². The van der Waals surface area contributed by atoms with Gasteiger partial charge in [0.05, 0.1) is 0 Å². The van der Waals surface area contributed by atoms with E-state index >= 15 is 0 Å². The van der Waals surface area contributed by atoms with Crippen molar-refractivity contribution in [1.29, 1.82) is 0 Å². The highest BCUT2D eigenvalue weighted by Gasteiger charge is 2.49. The lowest BCUT2D eigenvalue weighted by Gasteiger charge is -2.34. The second-order valence-electron chi connectivity index (χ2n) is 19.7. The highest BCUT2D eigenvalue weighted by atomic mass is 15.1. The molecule has 4 aliphatic rings. The number of para-hydroxylation sites is 2. The van der Waals surface area contributed by atoms with Crippen molar-refractivity contribution in [3.8, 4) is 22.3 Å². The largest absolute Gasteiger partial charge is 0.310 e. The molecule has 320 valence electrons. The number of anilines is 6. The molecule has 0 aliphatic heterocycles. The van der Waals surface area contributed by atoms with Gasteiger partial charge in [-0.05, 0) is 152 Å². The first-order valence-electron chi connectivity index (χ1n) is 23.7. The Hall–Kier alpha value is -7.42. The van der Waals surface area contributed by atoms with E-state index < -0.39 is 0 Å². The molecule has 66 heavy (non-hydrogen) atoms. The van der Waals surface area contributed by atoms with E-state index in [9.17, 15) is 0 Å². The molecule has 0 N–H and O–H groups in total. The molecular weight excluding hydrogens is 797 g/mol. The molecule has 8 aromatic rings. The minimum Gasteiger partial charge on any atom is -0.310 e. The van der Waals surface area contributed by atoms with E-state index in [2.05, 4.69) is 262 Å². The van der Waals surface area contributed by atoms with E-state index in [0.717, 1.165) is 23.5 Å². The maximum absolute atomic E-state index is 2.55. The van der Waals surface area contributed by atoms with Crippen molar-refractivity contribution in [3.05, 3.63) is 257 Å². The van der Waals surface area contributed by atoms with Crippen molar-refractivity contribution in [2.75, 3.05) is 9.80 Å². The number of fused-ring (bicyclic) bond motifs is 9. The van der Waals surface area contributed by atoms with Gasteiger partial charge in [0.25, 0.3) is 0 Å². The molecule has 2 heteroatoms. The number of rotatable bonds is 8. The van der Waals surface area contributed by atoms with Crippen LogP contribution in [0, 0.1) is 5.92 Å².